The van der Waals surface area contributed by atoms with Crippen LogP contribution in [0, 0.1) is 11.8 Å². The van der Waals surface area contributed by atoms with Crippen molar-refractivity contribution in [2.75, 3.05) is 32.3 Å². The number of amides is 1. The van der Waals surface area contributed by atoms with Gasteiger partial charge < -0.3 is 40.3 Å². The lowest BCUT2D eigenvalue weighted by Crippen LogP contribution is -2.41. The monoisotopic (exact) mass is 696 g/mol. The lowest BCUT2D eigenvalue weighted by molar-refractivity contribution is 0.0483. The molecule has 1 fully saturated rings. The normalized spacial score (nSPS) is 15.7. The van der Waals surface area contributed by atoms with Gasteiger partial charge in [-0.3, -0.25) is 4.79 Å². The van der Waals surface area contributed by atoms with E-state index in [1.54, 1.807) is 45.7 Å². The number of hydrogen-bond acceptors (Lipinski definition) is 11. The van der Waals surface area contributed by atoms with Gasteiger partial charge in [-0.25, -0.2) is 14.6 Å². The summed E-state index contributed by atoms with van der Waals surface area (Å²) in [5.41, 5.74) is 14.1. The predicted octanol–water partition coefficient (Wildman–Crippen LogP) is 5.15. The average Bonchev–Trinajstić information content (AvgIpc) is 3.08. The number of benzene rings is 2. The van der Waals surface area contributed by atoms with E-state index in [9.17, 15) is 14.4 Å². The number of rotatable bonds is 8. The number of nitrogens with zero attached hydrogens (tertiary/aromatic N) is 3. The Labute approximate surface area is 296 Å². The van der Waals surface area contributed by atoms with E-state index in [-0.39, 0.29) is 36.0 Å². The third kappa shape index (κ3) is 8.52. The number of aromatic nitrogens is 3. The molecule has 2 heterocycles. The van der Waals surface area contributed by atoms with Crippen molar-refractivity contribution in [3.8, 4) is 23.3 Å². The first-order valence-electron chi connectivity index (χ1n) is 16.8. The second-order valence-corrected chi connectivity index (χ2v) is 13.3. The molecular formula is C38H44N6O7. The summed E-state index contributed by atoms with van der Waals surface area (Å²) in [6, 6.07) is 8.91. The van der Waals surface area contributed by atoms with E-state index in [4.69, 9.17) is 30.4 Å². The number of hydrogen-bond donors (Lipinski definition) is 3. The molecule has 13 nitrogen and oxygen atoms in total. The molecule has 2 aromatic heterocycles. The molecule has 268 valence electrons. The van der Waals surface area contributed by atoms with Crippen LogP contribution in [0.5, 0.6) is 11.5 Å². The summed E-state index contributed by atoms with van der Waals surface area (Å²) in [5, 5.41) is 3.36. The van der Waals surface area contributed by atoms with Crippen molar-refractivity contribution in [1.82, 2.24) is 19.9 Å². The van der Waals surface area contributed by atoms with Gasteiger partial charge in [0.25, 0.3) is 0 Å². The minimum absolute atomic E-state index is 0.0265. The van der Waals surface area contributed by atoms with Crippen LogP contribution in [0.1, 0.15) is 92.0 Å². The highest BCUT2D eigenvalue weighted by Crippen LogP contribution is 2.36. The number of nitrogen functional groups attached to an aromatic ring is 2. The fourth-order valence-electron chi connectivity index (χ4n) is 6.24. The molecule has 51 heavy (non-hydrogen) atoms. The van der Waals surface area contributed by atoms with Crippen molar-refractivity contribution in [3.63, 3.8) is 0 Å². The molecule has 13 heteroatoms. The van der Waals surface area contributed by atoms with Crippen LogP contribution in [0.4, 0.5) is 16.6 Å². The number of ether oxygens (including phenoxy) is 4. The lowest BCUT2D eigenvalue weighted by Gasteiger charge is -2.32. The van der Waals surface area contributed by atoms with E-state index < -0.39 is 23.1 Å². The minimum Gasteiger partial charge on any atom is -0.493 e. The first-order valence-corrected chi connectivity index (χ1v) is 16.8. The van der Waals surface area contributed by atoms with Crippen LogP contribution < -0.4 is 31.7 Å². The quantitative estimate of drug-likeness (QED) is 0.164. The number of pyridine rings is 1. The van der Waals surface area contributed by atoms with Crippen LogP contribution in [0.25, 0.3) is 10.9 Å². The molecule has 1 amide bonds. The van der Waals surface area contributed by atoms with Crippen LogP contribution in [-0.4, -0.2) is 59.1 Å². The van der Waals surface area contributed by atoms with Gasteiger partial charge in [0.2, 0.25) is 11.4 Å². The van der Waals surface area contributed by atoms with Crippen LogP contribution in [0.2, 0.25) is 0 Å². The lowest BCUT2D eigenvalue weighted by atomic mass is 9.90. The van der Waals surface area contributed by atoms with Gasteiger partial charge >= 0.3 is 12.1 Å². The molecule has 0 aliphatic heterocycles. The van der Waals surface area contributed by atoms with Gasteiger partial charge in [-0.05, 0) is 77.6 Å². The Kier molecular flexibility index (Phi) is 11.0. The smallest absolute Gasteiger partial charge is 0.407 e. The number of esters is 1. The Hall–Kier alpha value is -5.77. The summed E-state index contributed by atoms with van der Waals surface area (Å²) in [4.78, 5) is 46.9. The number of methoxy groups -OCH3 is 2. The van der Waals surface area contributed by atoms with Gasteiger partial charge in [-0.2, -0.15) is 4.98 Å². The number of carbonyl (C=O) groups excluding carboxylic acids is 2. The summed E-state index contributed by atoms with van der Waals surface area (Å²) in [5.74, 6) is 7.06. The molecular weight excluding hydrogens is 652 g/mol. The second-order valence-electron chi connectivity index (χ2n) is 13.3. The van der Waals surface area contributed by atoms with E-state index in [0.717, 1.165) is 5.56 Å². The van der Waals surface area contributed by atoms with Crippen molar-refractivity contribution in [2.24, 2.45) is 0 Å². The Morgan fingerprint density at radius 1 is 1.00 bits per heavy atom. The van der Waals surface area contributed by atoms with Crippen LogP contribution >= 0.6 is 0 Å². The number of carbonyl (C=O) groups is 2. The van der Waals surface area contributed by atoms with Crippen molar-refractivity contribution in [3.05, 3.63) is 80.8 Å². The van der Waals surface area contributed by atoms with Gasteiger partial charge in [-0.1, -0.05) is 17.9 Å². The summed E-state index contributed by atoms with van der Waals surface area (Å²) in [6.07, 6.45) is 5.91. The molecule has 0 radical (unpaired) electrons. The zero-order valence-corrected chi connectivity index (χ0v) is 29.8. The number of alkyl carbamates (subject to hydrolysis) is 1. The first kappa shape index (κ1) is 36.5. The van der Waals surface area contributed by atoms with Crippen LogP contribution in [0.3, 0.4) is 0 Å². The Morgan fingerprint density at radius 3 is 2.37 bits per heavy atom. The summed E-state index contributed by atoms with van der Waals surface area (Å²) in [6.45, 7) is 7.32. The molecule has 0 atom stereocenters. The first-order chi connectivity index (χ1) is 24.3. The van der Waals surface area contributed by atoms with Gasteiger partial charge in [0, 0.05) is 53.0 Å². The second kappa shape index (κ2) is 15.4. The van der Waals surface area contributed by atoms with Crippen LogP contribution in [-0.2, 0) is 15.9 Å². The molecule has 0 bridgehead atoms. The summed E-state index contributed by atoms with van der Waals surface area (Å²) >= 11 is 0. The maximum Gasteiger partial charge on any atom is 0.407 e. The fourth-order valence-corrected chi connectivity index (χ4v) is 6.24. The van der Waals surface area contributed by atoms with Crippen molar-refractivity contribution in [2.45, 2.75) is 77.5 Å². The summed E-state index contributed by atoms with van der Waals surface area (Å²) < 4.78 is 24.1. The number of nitrogens with two attached hydrogens (primary N) is 2. The molecule has 1 aliphatic carbocycles. The predicted molar refractivity (Wildman–Crippen MR) is 194 cm³/mol. The molecule has 0 saturated heterocycles. The highest BCUT2D eigenvalue weighted by molar-refractivity contribution is 5.94. The molecule has 0 unspecified atom stereocenters. The number of anilines is 2. The van der Waals surface area contributed by atoms with E-state index in [0.29, 0.717) is 71.2 Å². The standard InChI is InChI=1S/C38H44N6O7/c1-7-50-35(46)29-21-44(27-15-13-26(14-16-27)42-37(47)51-38(2,3)4)30-18-22(9-17-28(30)31(29)45)8-10-23-11-12-24(33(49-6)32(23)48-5)19-25-20-41-36(40)43-34(25)39/h9,11-12,17-18,20-21,26-27H,7,13-16,19H2,1-6H3,(H,42,47)(H4,39,40,41,43). The van der Waals surface area contributed by atoms with E-state index in [1.807, 2.05) is 43.5 Å². The third-order valence-corrected chi connectivity index (χ3v) is 8.58. The SMILES string of the molecule is CCOC(=O)c1cn(C2CCC(NC(=O)OC(C)(C)C)CC2)c2cc(C#Cc3ccc(Cc4cnc(N)nc4N)c(OC)c3OC)ccc2c1=O. The van der Waals surface area contributed by atoms with E-state index in [2.05, 4.69) is 27.1 Å². The van der Waals surface area contributed by atoms with Gasteiger partial charge in [0.15, 0.2) is 11.5 Å². The van der Waals surface area contributed by atoms with Crippen molar-refractivity contribution in [1.29, 1.82) is 0 Å². The maximum atomic E-state index is 13.5. The molecule has 1 aliphatic rings. The Balaban J connectivity index is 1.48. The van der Waals surface area contributed by atoms with Crippen molar-refractivity contribution >= 4 is 34.7 Å². The van der Waals surface area contributed by atoms with Gasteiger partial charge in [0.1, 0.15) is 17.0 Å². The zero-order valence-electron chi connectivity index (χ0n) is 29.8. The topological polar surface area (TPSA) is 183 Å². The van der Waals surface area contributed by atoms with Gasteiger partial charge in [-0.15, -0.1) is 0 Å². The Morgan fingerprint density at radius 2 is 1.73 bits per heavy atom. The Bertz CT molecular complexity index is 2070. The van der Waals surface area contributed by atoms with Gasteiger partial charge in [0.05, 0.1) is 31.9 Å². The average molecular weight is 697 g/mol. The minimum atomic E-state index is -0.668. The molecule has 5 N–H and O–H groups in total. The number of fused-ring (bicyclic) bond motifs is 1. The highest BCUT2D eigenvalue weighted by Gasteiger charge is 2.28. The molecule has 4 aromatic rings. The van der Waals surface area contributed by atoms with E-state index in [1.165, 1.54) is 0 Å². The van der Waals surface area contributed by atoms with Crippen LogP contribution in [0.15, 0.2) is 47.5 Å². The largest absolute Gasteiger partial charge is 0.493 e. The molecule has 0 spiro atoms. The highest BCUT2D eigenvalue weighted by atomic mass is 16.6. The number of nitrogens with one attached hydrogen (secondary N) is 1. The summed E-state index contributed by atoms with van der Waals surface area (Å²) in [7, 11) is 3.09. The zero-order chi connectivity index (χ0) is 36.9. The molecule has 5 rings (SSSR count). The fraction of sp³-hybridized carbons (Fsp3) is 0.395. The maximum absolute atomic E-state index is 13.5. The molecule has 2 aromatic carbocycles. The molecule has 1 saturated carbocycles. The third-order valence-electron chi connectivity index (χ3n) is 8.58. The van der Waals surface area contributed by atoms with E-state index >= 15 is 0 Å². The van der Waals surface area contributed by atoms with Crippen molar-refractivity contribution < 1.29 is 28.5 Å².